The van der Waals surface area contributed by atoms with Gasteiger partial charge in [-0.1, -0.05) is 6.07 Å². The third-order valence-corrected chi connectivity index (χ3v) is 3.02. The Morgan fingerprint density at radius 1 is 1.33 bits per heavy atom. The first-order valence-corrected chi connectivity index (χ1v) is 5.69. The molecule has 18 heavy (non-hydrogen) atoms. The summed E-state index contributed by atoms with van der Waals surface area (Å²) in [6.07, 6.45) is 3.73. The van der Waals surface area contributed by atoms with Crippen LogP contribution in [0.25, 0.3) is 0 Å². The molecule has 0 fully saturated rings. The first-order valence-electron chi connectivity index (χ1n) is 5.69. The summed E-state index contributed by atoms with van der Waals surface area (Å²) >= 11 is 0. The molecule has 0 saturated heterocycles. The fraction of sp³-hybridized carbons (Fsp3) is 0.250. The number of fused-ring (bicyclic) bond motifs is 1. The maximum atomic E-state index is 10.9. The molecule has 1 aliphatic rings. The molecular formula is C12H12N4O2. The zero-order valence-electron chi connectivity index (χ0n) is 9.65. The van der Waals surface area contributed by atoms with E-state index in [-0.39, 0.29) is 5.69 Å². The standard InChI is InChI=1S/C12H12N4O2/c17-12(18)9-2-1-3-10(14-9)16-7-6-15-5-4-13-11(15)8-16/h1-5H,6-8H2,(H,17,18). The Labute approximate surface area is 104 Å². The van der Waals surface area contributed by atoms with Crippen LogP contribution in [0.15, 0.2) is 30.6 Å². The molecular weight excluding hydrogens is 232 g/mol. The van der Waals surface area contributed by atoms with Crippen LogP contribution in [-0.4, -0.2) is 32.2 Å². The van der Waals surface area contributed by atoms with Crippen molar-refractivity contribution in [1.29, 1.82) is 0 Å². The molecule has 3 heterocycles. The number of aromatic carboxylic acids is 1. The van der Waals surface area contributed by atoms with Crippen molar-refractivity contribution in [1.82, 2.24) is 14.5 Å². The number of imidazole rings is 1. The molecule has 0 aliphatic carbocycles. The number of carboxylic acids is 1. The van der Waals surface area contributed by atoms with Crippen LogP contribution < -0.4 is 4.90 Å². The van der Waals surface area contributed by atoms with Gasteiger partial charge in [0.05, 0.1) is 6.54 Å². The number of pyridine rings is 1. The van der Waals surface area contributed by atoms with E-state index in [1.54, 1.807) is 12.3 Å². The largest absolute Gasteiger partial charge is 0.477 e. The average Bonchev–Trinajstić information content (AvgIpc) is 2.86. The van der Waals surface area contributed by atoms with Crippen molar-refractivity contribution in [2.24, 2.45) is 0 Å². The van der Waals surface area contributed by atoms with Crippen molar-refractivity contribution in [2.45, 2.75) is 13.1 Å². The van der Waals surface area contributed by atoms with Gasteiger partial charge in [0, 0.05) is 25.5 Å². The van der Waals surface area contributed by atoms with Crippen LogP contribution in [0.1, 0.15) is 16.3 Å². The number of aromatic nitrogens is 3. The van der Waals surface area contributed by atoms with Crippen LogP contribution in [0.5, 0.6) is 0 Å². The van der Waals surface area contributed by atoms with Gasteiger partial charge in [-0.15, -0.1) is 0 Å². The van der Waals surface area contributed by atoms with E-state index in [2.05, 4.69) is 14.5 Å². The van der Waals surface area contributed by atoms with E-state index in [0.29, 0.717) is 12.4 Å². The van der Waals surface area contributed by atoms with Crippen LogP contribution >= 0.6 is 0 Å². The minimum Gasteiger partial charge on any atom is -0.477 e. The highest BCUT2D eigenvalue weighted by Gasteiger charge is 2.18. The molecule has 0 unspecified atom stereocenters. The zero-order chi connectivity index (χ0) is 12.5. The Balaban J connectivity index is 1.88. The number of anilines is 1. The summed E-state index contributed by atoms with van der Waals surface area (Å²) < 4.78 is 2.09. The molecule has 0 bridgehead atoms. The molecule has 1 aliphatic heterocycles. The molecule has 6 nitrogen and oxygen atoms in total. The number of hydrogen-bond donors (Lipinski definition) is 1. The lowest BCUT2D eigenvalue weighted by Gasteiger charge is -2.28. The van der Waals surface area contributed by atoms with Crippen LogP contribution in [0.4, 0.5) is 5.82 Å². The van der Waals surface area contributed by atoms with Crippen molar-refractivity contribution >= 4 is 11.8 Å². The third kappa shape index (κ3) is 1.81. The predicted molar refractivity (Wildman–Crippen MR) is 64.5 cm³/mol. The van der Waals surface area contributed by atoms with Crippen LogP contribution in [-0.2, 0) is 13.1 Å². The molecule has 6 heteroatoms. The minimum atomic E-state index is -1.00. The predicted octanol–water partition coefficient (Wildman–Crippen LogP) is 0.996. The number of hydrogen-bond acceptors (Lipinski definition) is 4. The molecule has 92 valence electrons. The second-order valence-electron chi connectivity index (χ2n) is 4.14. The fourth-order valence-electron chi connectivity index (χ4n) is 2.09. The van der Waals surface area contributed by atoms with Crippen LogP contribution in [0, 0.1) is 0 Å². The second kappa shape index (κ2) is 4.14. The second-order valence-corrected chi connectivity index (χ2v) is 4.14. The van der Waals surface area contributed by atoms with Crippen molar-refractivity contribution in [3.8, 4) is 0 Å². The fourth-order valence-corrected chi connectivity index (χ4v) is 2.09. The van der Waals surface area contributed by atoms with Gasteiger partial charge in [0.15, 0.2) is 5.69 Å². The van der Waals surface area contributed by atoms with E-state index in [4.69, 9.17) is 5.11 Å². The van der Waals surface area contributed by atoms with Gasteiger partial charge in [-0.25, -0.2) is 14.8 Å². The van der Waals surface area contributed by atoms with Gasteiger partial charge in [-0.3, -0.25) is 0 Å². The summed E-state index contributed by atoms with van der Waals surface area (Å²) in [5.74, 6) is 0.656. The lowest BCUT2D eigenvalue weighted by Crippen LogP contribution is -2.34. The lowest BCUT2D eigenvalue weighted by molar-refractivity contribution is 0.0690. The van der Waals surface area contributed by atoms with Gasteiger partial charge in [0.25, 0.3) is 0 Å². The van der Waals surface area contributed by atoms with E-state index < -0.39 is 5.97 Å². The van der Waals surface area contributed by atoms with Gasteiger partial charge in [-0.2, -0.15) is 0 Å². The van der Waals surface area contributed by atoms with Gasteiger partial charge >= 0.3 is 5.97 Å². The SMILES string of the molecule is O=C(O)c1cccc(N2CCn3ccnc3C2)n1. The van der Waals surface area contributed by atoms with Gasteiger partial charge in [-0.05, 0) is 12.1 Å². The summed E-state index contributed by atoms with van der Waals surface area (Å²) in [5, 5.41) is 8.93. The summed E-state index contributed by atoms with van der Waals surface area (Å²) in [6, 6.07) is 5.04. The number of carboxylic acid groups (broad SMARTS) is 1. The molecule has 1 N–H and O–H groups in total. The first kappa shape index (κ1) is 10.8. The summed E-state index contributed by atoms with van der Waals surface area (Å²) in [4.78, 5) is 21.3. The maximum absolute atomic E-state index is 10.9. The van der Waals surface area contributed by atoms with Gasteiger partial charge in [0.2, 0.25) is 0 Å². The molecule has 2 aromatic rings. The molecule has 0 saturated carbocycles. The van der Waals surface area contributed by atoms with Crippen molar-refractivity contribution in [3.63, 3.8) is 0 Å². The topological polar surface area (TPSA) is 71.2 Å². The lowest BCUT2D eigenvalue weighted by atomic mass is 10.3. The quantitative estimate of drug-likeness (QED) is 0.853. The Morgan fingerprint density at radius 3 is 3.06 bits per heavy atom. The highest BCUT2D eigenvalue weighted by molar-refractivity contribution is 5.85. The molecule has 0 atom stereocenters. The smallest absolute Gasteiger partial charge is 0.354 e. The highest BCUT2D eigenvalue weighted by Crippen LogP contribution is 2.18. The normalized spacial score (nSPS) is 14.3. The Kier molecular flexibility index (Phi) is 2.47. The zero-order valence-corrected chi connectivity index (χ0v) is 9.65. The van der Waals surface area contributed by atoms with E-state index in [1.165, 1.54) is 6.07 Å². The number of carbonyl (C=O) groups is 1. The van der Waals surface area contributed by atoms with Gasteiger partial charge in [0.1, 0.15) is 11.6 Å². The van der Waals surface area contributed by atoms with E-state index >= 15 is 0 Å². The van der Waals surface area contributed by atoms with Gasteiger partial charge < -0.3 is 14.6 Å². The summed E-state index contributed by atoms with van der Waals surface area (Å²) in [6.45, 7) is 2.30. The molecule has 0 radical (unpaired) electrons. The van der Waals surface area contributed by atoms with Crippen molar-refractivity contribution < 1.29 is 9.90 Å². The summed E-state index contributed by atoms with van der Waals surface area (Å²) in [7, 11) is 0. The van der Waals surface area contributed by atoms with E-state index in [0.717, 1.165) is 18.9 Å². The first-order chi connectivity index (χ1) is 8.74. The van der Waals surface area contributed by atoms with Crippen LogP contribution in [0.3, 0.4) is 0 Å². The molecule has 0 amide bonds. The maximum Gasteiger partial charge on any atom is 0.354 e. The molecule has 2 aromatic heterocycles. The van der Waals surface area contributed by atoms with Crippen LogP contribution in [0.2, 0.25) is 0 Å². The number of rotatable bonds is 2. The third-order valence-electron chi connectivity index (χ3n) is 3.02. The Hall–Kier alpha value is -2.37. The van der Waals surface area contributed by atoms with Crippen molar-refractivity contribution in [3.05, 3.63) is 42.1 Å². The Morgan fingerprint density at radius 2 is 2.22 bits per heavy atom. The minimum absolute atomic E-state index is 0.0708. The molecule has 0 aromatic carbocycles. The van der Waals surface area contributed by atoms with E-state index in [9.17, 15) is 4.79 Å². The molecule has 3 rings (SSSR count). The van der Waals surface area contributed by atoms with Crippen molar-refractivity contribution in [2.75, 3.05) is 11.4 Å². The van der Waals surface area contributed by atoms with E-state index in [1.807, 2.05) is 17.2 Å². The average molecular weight is 244 g/mol. The number of nitrogens with zero attached hydrogens (tertiary/aromatic N) is 4. The molecule has 0 spiro atoms. The highest BCUT2D eigenvalue weighted by atomic mass is 16.4. The summed E-state index contributed by atoms with van der Waals surface area (Å²) in [5.41, 5.74) is 0.0708. The Bertz CT molecular complexity index is 593. The monoisotopic (exact) mass is 244 g/mol.